The van der Waals surface area contributed by atoms with Gasteiger partial charge in [0.25, 0.3) is 0 Å². The Morgan fingerprint density at radius 2 is 1.65 bits per heavy atom. The van der Waals surface area contributed by atoms with Crippen LogP contribution in [-0.4, -0.2) is 11.2 Å². The number of nitrogens with one attached hydrogen (secondary N) is 2. The van der Waals surface area contributed by atoms with Crippen LogP contribution in [0.5, 0.6) is 0 Å². The molecule has 1 aromatic heterocycles. The normalized spacial score (nSPS) is 10.6. The third-order valence-electron chi connectivity index (χ3n) is 3.96. The molecule has 3 nitrogen and oxygen atoms in total. The lowest BCUT2D eigenvalue weighted by molar-refractivity contribution is 0.789. The minimum absolute atomic E-state index is 0.366. The molecule has 0 amide bonds. The van der Waals surface area contributed by atoms with E-state index < -0.39 is 0 Å². The highest BCUT2D eigenvalue weighted by atomic mass is 32.1. The Kier molecular flexibility index (Phi) is 6.26. The Bertz CT molecular complexity index is 812. The molecule has 0 bridgehead atoms. The molecule has 0 fully saturated rings. The maximum absolute atomic E-state index is 5.38. The summed E-state index contributed by atoms with van der Waals surface area (Å²) in [6.45, 7) is 5.14. The predicted octanol–water partition coefficient (Wildman–Crippen LogP) is 5.78. The van der Waals surface area contributed by atoms with E-state index in [2.05, 4.69) is 89.4 Å². The Morgan fingerprint density at radius 1 is 0.962 bits per heavy atom. The zero-order valence-corrected chi connectivity index (χ0v) is 16.6. The van der Waals surface area contributed by atoms with Crippen LogP contribution in [0.15, 0.2) is 72.1 Å². The molecule has 3 aromatic rings. The first-order valence-corrected chi connectivity index (χ1v) is 9.94. The Hall–Kier alpha value is -2.37. The highest BCUT2D eigenvalue weighted by Gasteiger charge is 2.12. The molecule has 0 saturated carbocycles. The highest BCUT2D eigenvalue weighted by molar-refractivity contribution is 7.80. The molecule has 0 radical (unpaired) electrons. The van der Waals surface area contributed by atoms with Crippen LogP contribution in [0.4, 0.5) is 17.1 Å². The molecule has 0 unspecified atom stereocenters. The van der Waals surface area contributed by atoms with E-state index in [0.717, 1.165) is 17.9 Å². The summed E-state index contributed by atoms with van der Waals surface area (Å²) < 4.78 is 0. The summed E-state index contributed by atoms with van der Waals surface area (Å²) in [5.41, 5.74) is 3.33. The maximum Gasteiger partial charge on any atom is 0.171 e. The van der Waals surface area contributed by atoms with Crippen molar-refractivity contribution in [2.45, 2.75) is 26.4 Å². The molecule has 5 heteroatoms. The highest BCUT2D eigenvalue weighted by Crippen LogP contribution is 2.28. The summed E-state index contributed by atoms with van der Waals surface area (Å²) in [6, 6.07) is 23.3. The fourth-order valence-corrected chi connectivity index (χ4v) is 3.63. The van der Waals surface area contributed by atoms with Crippen molar-refractivity contribution < 1.29 is 0 Å². The standard InChI is InChI=1S/C21H23N3S2/c1-16(2)24(18-7-4-3-5-8-18)19-12-10-17(11-13-19)23-21(25)22-15-20-9-6-14-26-20/h3-14,16H,15H2,1-2H3,(H2,22,23,25). The Balaban J connectivity index is 1.64. The first kappa shape index (κ1) is 18.4. The van der Waals surface area contributed by atoms with Gasteiger partial charge in [-0.25, -0.2) is 0 Å². The van der Waals surface area contributed by atoms with Crippen LogP contribution in [0, 0.1) is 0 Å². The minimum Gasteiger partial charge on any atom is -0.358 e. The van der Waals surface area contributed by atoms with E-state index in [1.165, 1.54) is 10.6 Å². The molecule has 0 spiro atoms. The summed E-state index contributed by atoms with van der Waals surface area (Å²) >= 11 is 7.11. The van der Waals surface area contributed by atoms with E-state index in [4.69, 9.17) is 12.2 Å². The van der Waals surface area contributed by atoms with E-state index in [9.17, 15) is 0 Å². The van der Waals surface area contributed by atoms with Gasteiger partial charge in [-0.2, -0.15) is 0 Å². The first-order valence-electron chi connectivity index (χ1n) is 8.65. The van der Waals surface area contributed by atoms with E-state index in [1.54, 1.807) is 11.3 Å². The van der Waals surface area contributed by atoms with E-state index in [0.29, 0.717) is 11.2 Å². The fraction of sp³-hybridized carbons (Fsp3) is 0.190. The molecule has 0 aliphatic heterocycles. The van der Waals surface area contributed by atoms with Gasteiger partial charge in [0.05, 0.1) is 6.54 Å². The van der Waals surface area contributed by atoms with Gasteiger partial charge < -0.3 is 15.5 Å². The third-order valence-corrected chi connectivity index (χ3v) is 5.08. The summed E-state index contributed by atoms with van der Waals surface area (Å²) in [5, 5.41) is 9.18. The molecule has 0 aliphatic carbocycles. The predicted molar refractivity (Wildman–Crippen MR) is 118 cm³/mol. The van der Waals surface area contributed by atoms with Crippen molar-refractivity contribution in [3.63, 3.8) is 0 Å². The van der Waals surface area contributed by atoms with Crippen LogP contribution >= 0.6 is 23.6 Å². The molecule has 2 aromatic carbocycles. The number of para-hydroxylation sites is 1. The second-order valence-electron chi connectivity index (χ2n) is 6.23. The molecule has 0 atom stereocenters. The molecule has 0 aliphatic rings. The van der Waals surface area contributed by atoms with Crippen molar-refractivity contribution in [2.24, 2.45) is 0 Å². The third kappa shape index (κ3) is 4.84. The number of thiophene rings is 1. The molecular weight excluding hydrogens is 358 g/mol. The topological polar surface area (TPSA) is 27.3 Å². The lowest BCUT2D eigenvalue weighted by Crippen LogP contribution is -2.27. The zero-order chi connectivity index (χ0) is 18.4. The van der Waals surface area contributed by atoms with Gasteiger partial charge in [-0.3, -0.25) is 0 Å². The average molecular weight is 382 g/mol. The van der Waals surface area contributed by atoms with Crippen molar-refractivity contribution in [2.75, 3.05) is 10.2 Å². The molecular formula is C21H23N3S2. The van der Waals surface area contributed by atoms with E-state index >= 15 is 0 Å². The van der Waals surface area contributed by atoms with Gasteiger partial charge in [0.1, 0.15) is 0 Å². The SMILES string of the molecule is CC(C)N(c1ccccc1)c1ccc(NC(=S)NCc2cccs2)cc1. The number of nitrogens with zero attached hydrogens (tertiary/aromatic N) is 1. The van der Waals surface area contributed by atoms with Crippen molar-refractivity contribution >= 4 is 45.7 Å². The maximum atomic E-state index is 5.38. The number of thiocarbonyl (C=S) groups is 1. The fourth-order valence-electron chi connectivity index (χ4n) is 2.80. The molecule has 134 valence electrons. The Morgan fingerprint density at radius 3 is 2.27 bits per heavy atom. The van der Waals surface area contributed by atoms with Crippen LogP contribution in [0.3, 0.4) is 0 Å². The van der Waals surface area contributed by atoms with Crippen molar-refractivity contribution in [3.05, 3.63) is 77.0 Å². The lowest BCUT2D eigenvalue weighted by atomic mass is 10.2. The number of anilines is 3. The van der Waals surface area contributed by atoms with Gasteiger partial charge >= 0.3 is 0 Å². The van der Waals surface area contributed by atoms with Gasteiger partial charge in [0.2, 0.25) is 0 Å². The van der Waals surface area contributed by atoms with E-state index in [1.807, 2.05) is 12.1 Å². The van der Waals surface area contributed by atoms with Crippen molar-refractivity contribution in [1.29, 1.82) is 0 Å². The van der Waals surface area contributed by atoms with Gasteiger partial charge in [0, 0.05) is 28.0 Å². The summed E-state index contributed by atoms with van der Waals surface area (Å²) in [7, 11) is 0. The number of benzene rings is 2. The summed E-state index contributed by atoms with van der Waals surface area (Å²) in [4.78, 5) is 3.58. The largest absolute Gasteiger partial charge is 0.358 e. The van der Waals surface area contributed by atoms with Crippen LogP contribution < -0.4 is 15.5 Å². The molecule has 3 rings (SSSR count). The monoisotopic (exact) mass is 381 g/mol. The molecule has 2 N–H and O–H groups in total. The van der Waals surface area contributed by atoms with Gasteiger partial charge in [-0.1, -0.05) is 24.3 Å². The summed E-state index contributed by atoms with van der Waals surface area (Å²) in [5.74, 6) is 0. The van der Waals surface area contributed by atoms with Crippen LogP contribution in [-0.2, 0) is 6.54 Å². The zero-order valence-electron chi connectivity index (χ0n) is 15.0. The minimum atomic E-state index is 0.366. The average Bonchev–Trinajstić information content (AvgIpc) is 3.16. The quantitative estimate of drug-likeness (QED) is 0.529. The first-order chi connectivity index (χ1) is 12.6. The van der Waals surface area contributed by atoms with Crippen LogP contribution in [0.1, 0.15) is 18.7 Å². The second kappa shape index (κ2) is 8.83. The summed E-state index contributed by atoms with van der Waals surface area (Å²) in [6.07, 6.45) is 0. The van der Waals surface area contributed by atoms with Crippen molar-refractivity contribution in [3.8, 4) is 0 Å². The Labute approximate surface area is 164 Å². The molecule has 26 heavy (non-hydrogen) atoms. The van der Waals surface area contributed by atoms with Crippen LogP contribution in [0.2, 0.25) is 0 Å². The lowest BCUT2D eigenvalue weighted by Gasteiger charge is -2.29. The van der Waals surface area contributed by atoms with Gasteiger partial charge in [-0.15, -0.1) is 11.3 Å². The van der Waals surface area contributed by atoms with Crippen molar-refractivity contribution in [1.82, 2.24) is 5.32 Å². The smallest absolute Gasteiger partial charge is 0.171 e. The number of hydrogen-bond acceptors (Lipinski definition) is 3. The van der Waals surface area contributed by atoms with E-state index in [-0.39, 0.29) is 0 Å². The molecule has 1 heterocycles. The van der Waals surface area contributed by atoms with Crippen LogP contribution in [0.25, 0.3) is 0 Å². The molecule has 0 saturated heterocycles. The van der Waals surface area contributed by atoms with Gasteiger partial charge in [-0.05, 0) is 73.9 Å². The van der Waals surface area contributed by atoms with Gasteiger partial charge in [0.15, 0.2) is 5.11 Å². The number of hydrogen-bond donors (Lipinski definition) is 2. The number of rotatable bonds is 6. The second-order valence-corrected chi connectivity index (χ2v) is 7.67.